The van der Waals surface area contributed by atoms with Gasteiger partial charge in [0.1, 0.15) is 5.82 Å². The molecule has 0 aliphatic heterocycles. The zero-order valence-corrected chi connectivity index (χ0v) is 9.58. The molecule has 0 spiro atoms. The smallest absolute Gasteiger partial charge is 0.131 e. The highest BCUT2D eigenvalue weighted by molar-refractivity contribution is 5.85. The molecule has 0 aliphatic carbocycles. The van der Waals surface area contributed by atoms with Crippen molar-refractivity contribution in [1.82, 2.24) is 4.98 Å². The molecule has 1 rings (SSSR count). The number of hydrogen-bond donors (Lipinski definition) is 1. The average Bonchev–Trinajstić information content (AvgIpc) is 1.85. The molecule has 0 radical (unpaired) electrons. The Hall–Kier alpha value is -0.670. The van der Waals surface area contributed by atoms with Gasteiger partial charge in [0.15, 0.2) is 0 Å². The van der Waals surface area contributed by atoms with Crippen LogP contribution in [0.25, 0.3) is 0 Å². The van der Waals surface area contributed by atoms with Crippen molar-refractivity contribution in [2.75, 3.05) is 24.7 Å². The fourth-order valence-corrected chi connectivity index (χ4v) is 1.06. The number of hydrogen-bond acceptors (Lipinski definition) is 3. The highest BCUT2D eigenvalue weighted by atomic mass is 35.5. The van der Waals surface area contributed by atoms with Gasteiger partial charge in [-0.05, 0) is 18.6 Å². The monoisotopic (exact) mass is 223 g/mol. The van der Waals surface area contributed by atoms with Gasteiger partial charge in [0.25, 0.3) is 0 Å². The van der Waals surface area contributed by atoms with Crippen LogP contribution in [0.3, 0.4) is 0 Å². The highest BCUT2D eigenvalue weighted by Gasteiger charge is 2.00. The molecule has 0 aliphatic rings. The first-order valence-corrected chi connectivity index (χ1v) is 3.50. The van der Waals surface area contributed by atoms with Gasteiger partial charge in [0, 0.05) is 14.1 Å². The Kier molecular flexibility index (Phi) is 6.72. The number of aryl methyl sites for hydroxylation is 1. The van der Waals surface area contributed by atoms with Crippen LogP contribution < -0.4 is 10.6 Å². The van der Waals surface area contributed by atoms with Crippen LogP contribution in [-0.2, 0) is 0 Å². The zero-order valence-electron chi connectivity index (χ0n) is 7.94. The van der Waals surface area contributed by atoms with E-state index >= 15 is 0 Å². The average molecular weight is 224 g/mol. The molecule has 1 heterocycles. The second-order valence-electron chi connectivity index (χ2n) is 2.80. The third-order valence-corrected chi connectivity index (χ3v) is 1.50. The van der Waals surface area contributed by atoms with E-state index in [9.17, 15) is 0 Å². The van der Waals surface area contributed by atoms with E-state index in [1.54, 1.807) is 6.20 Å². The molecular weight excluding hydrogens is 209 g/mol. The number of nitrogen functional groups attached to an aromatic ring is 1. The second kappa shape index (κ2) is 5.89. The number of aromatic nitrogens is 1. The Morgan fingerprint density at radius 1 is 1.31 bits per heavy atom. The molecule has 13 heavy (non-hydrogen) atoms. The molecule has 0 aromatic carbocycles. The highest BCUT2D eigenvalue weighted by Crippen LogP contribution is 2.15. The maximum Gasteiger partial charge on any atom is 0.131 e. The number of nitrogens with zero attached hydrogens (tertiary/aromatic N) is 2. The molecule has 5 heteroatoms. The van der Waals surface area contributed by atoms with Gasteiger partial charge in [0.2, 0.25) is 0 Å². The van der Waals surface area contributed by atoms with Crippen molar-refractivity contribution in [3.8, 4) is 0 Å². The van der Waals surface area contributed by atoms with Gasteiger partial charge in [-0.1, -0.05) is 0 Å². The van der Waals surface area contributed by atoms with Crippen LogP contribution in [0.15, 0.2) is 12.3 Å². The lowest BCUT2D eigenvalue weighted by Crippen LogP contribution is -2.12. The van der Waals surface area contributed by atoms with Gasteiger partial charge >= 0.3 is 0 Å². The van der Waals surface area contributed by atoms with E-state index in [1.807, 2.05) is 32.0 Å². The van der Waals surface area contributed by atoms with Crippen molar-refractivity contribution in [3.63, 3.8) is 0 Å². The minimum absolute atomic E-state index is 0. The minimum atomic E-state index is 0. The third-order valence-electron chi connectivity index (χ3n) is 1.50. The summed E-state index contributed by atoms with van der Waals surface area (Å²) in [6, 6.07) is 1.92. The number of nitrogens with two attached hydrogens (primary N) is 1. The van der Waals surface area contributed by atoms with Crippen molar-refractivity contribution in [2.45, 2.75) is 6.92 Å². The lowest BCUT2D eigenvalue weighted by Gasteiger charge is -2.13. The molecule has 1 aromatic heterocycles. The van der Waals surface area contributed by atoms with Gasteiger partial charge in [-0.2, -0.15) is 0 Å². The summed E-state index contributed by atoms with van der Waals surface area (Å²) in [7, 11) is 3.93. The number of halogens is 2. The van der Waals surface area contributed by atoms with Crippen LogP contribution >= 0.6 is 24.8 Å². The van der Waals surface area contributed by atoms with E-state index < -0.39 is 0 Å². The normalized spacial score (nSPS) is 8.23. The maximum absolute atomic E-state index is 5.55. The van der Waals surface area contributed by atoms with Crippen LogP contribution in [0.2, 0.25) is 0 Å². The molecular formula is C8H15Cl2N3. The van der Waals surface area contributed by atoms with Gasteiger partial charge in [0.05, 0.1) is 11.9 Å². The Labute approximate surface area is 91.2 Å². The summed E-state index contributed by atoms with van der Waals surface area (Å²) in [6.45, 7) is 2.00. The second-order valence-corrected chi connectivity index (χ2v) is 2.80. The first-order chi connectivity index (χ1) is 5.11. The largest absolute Gasteiger partial charge is 0.397 e. The summed E-state index contributed by atoms with van der Waals surface area (Å²) >= 11 is 0. The van der Waals surface area contributed by atoms with Crippen LogP contribution in [0, 0.1) is 6.92 Å². The Balaban J connectivity index is 0. The van der Waals surface area contributed by atoms with Gasteiger partial charge in [-0.25, -0.2) is 4.98 Å². The molecule has 2 N–H and O–H groups in total. The third kappa shape index (κ3) is 3.70. The topological polar surface area (TPSA) is 42.1 Å². The van der Waals surface area contributed by atoms with E-state index in [2.05, 4.69) is 4.98 Å². The fourth-order valence-electron chi connectivity index (χ4n) is 1.06. The van der Waals surface area contributed by atoms with Crippen molar-refractivity contribution in [3.05, 3.63) is 17.8 Å². The van der Waals surface area contributed by atoms with E-state index in [0.29, 0.717) is 5.69 Å². The molecule has 0 bridgehead atoms. The van der Waals surface area contributed by atoms with Crippen molar-refractivity contribution >= 4 is 36.3 Å². The van der Waals surface area contributed by atoms with Crippen LogP contribution in [0.5, 0.6) is 0 Å². The summed E-state index contributed by atoms with van der Waals surface area (Å²) < 4.78 is 0. The van der Waals surface area contributed by atoms with E-state index in [-0.39, 0.29) is 24.8 Å². The number of pyridine rings is 1. The van der Waals surface area contributed by atoms with Crippen LogP contribution in [-0.4, -0.2) is 19.1 Å². The van der Waals surface area contributed by atoms with Gasteiger partial charge in [-0.15, -0.1) is 24.8 Å². The predicted molar refractivity (Wildman–Crippen MR) is 62.2 cm³/mol. The SMILES string of the molecule is Cc1cc(N)cnc1N(C)C.Cl.Cl. The number of rotatable bonds is 1. The molecule has 0 saturated carbocycles. The molecule has 0 amide bonds. The summed E-state index contributed by atoms with van der Waals surface area (Å²) in [5.41, 5.74) is 7.37. The Bertz CT molecular complexity index is 264. The first kappa shape index (κ1) is 14.8. The molecule has 1 aromatic rings. The zero-order chi connectivity index (χ0) is 8.43. The molecule has 0 unspecified atom stereocenters. The standard InChI is InChI=1S/C8H13N3.2ClH/c1-6-4-7(9)5-10-8(6)11(2)3;;/h4-5H,9H2,1-3H3;2*1H. The molecule has 76 valence electrons. The fraction of sp³-hybridized carbons (Fsp3) is 0.375. The predicted octanol–water partition coefficient (Wildman–Crippen LogP) is 1.88. The summed E-state index contributed by atoms with van der Waals surface area (Å²) in [6.07, 6.45) is 1.67. The minimum Gasteiger partial charge on any atom is -0.397 e. The first-order valence-electron chi connectivity index (χ1n) is 3.50. The van der Waals surface area contributed by atoms with Crippen LogP contribution in [0.4, 0.5) is 11.5 Å². The molecule has 0 saturated heterocycles. The van der Waals surface area contributed by atoms with Gasteiger partial charge < -0.3 is 10.6 Å². The lowest BCUT2D eigenvalue weighted by molar-refractivity contribution is 1.05. The Morgan fingerprint density at radius 2 is 1.85 bits per heavy atom. The number of anilines is 2. The summed E-state index contributed by atoms with van der Waals surface area (Å²) in [5, 5.41) is 0. The van der Waals surface area contributed by atoms with Crippen LogP contribution in [0.1, 0.15) is 5.56 Å². The summed E-state index contributed by atoms with van der Waals surface area (Å²) in [4.78, 5) is 6.15. The van der Waals surface area contributed by atoms with E-state index in [4.69, 9.17) is 5.73 Å². The van der Waals surface area contributed by atoms with Crippen molar-refractivity contribution in [1.29, 1.82) is 0 Å². The maximum atomic E-state index is 5.55. The molecule has 3 nitrogen and oxygen atoms in total. The summed E-state index contributed by atoms with van der Waals surface area (Å²) in [5.74, 6) is 0.971. The van der Waals surface area contributed by atoms with Crippen molar-refractivity contribution in [2.24, 2.45) is 0 Å². The van der Waals surface area contributed by atoms with Crippen molar-refractivity contribution < 1.29 is 0 Å². The molecule has 0 fully saturated rings. The molecule has 0 atom stereocenters. The van der Waals surface area contributed by atoms with Gasteiger partial charge in [-0.3, -0.25) is 0 Å². The quantitative estimate of drug-likeness (QED) is 0.791. The van der Waals surface area contributed by atoms with E-state index in [0.717, 1.165) is 11.4 Å². The lowest BCUT2D eigenvalue weighted by atomic mass is 10.2. The Morgan fingerprint density at radius 3 is 2.23 bits per heavy atom. The van der Waals surface area contributed by atoms with E-state index in [1.165, 1.54) is 0 Å².